The molecule has 0 saturated heterocycles. The Morgan fingerprint density at radius 3 is 1.16 bits per heavy atom. The number of nitrogens with zero attached hydrogens (tertiary/aromatic N) is 1. The molecular weight excluding hydrogens is 942 g/mol. The first-order chi connectivity index (χ1) is 36.0. The second kappa shape index (κ2) is 55.5. The fraction of sp³-hybridized carbons (Fsp3) is 0.812. The molecule has 2 unspecified atom stereocenters. The Kier molecular flexibility index (Phi) is 53.7. The molecule has 0 rings (SSSR count). The number of carbonyl (C=O) groups excluding carboxylic acids is 2. The molecule has 0 aromatic carbocycles. The molecule has 2 atom stereocenters. The van der Waals surface area contributed by atoms with Crippen LogP contribution in [0.15, 0.2) is 60.8 Å². The van der Waals surface area contributed by atoms with Crippen LogP contribution in [0.4, 0.5) is 0 Å². The van der Waals surface area contributed by atoms with Gasteiger partial charge in [-0.05, 0) is 77.0 Å². The van der Waals surface area contributed by atoms with Gasteiger partial charge in [0.15, 0.2) is 6.10 Å². The first-order valence-electron chi connectivity index (χ1n) is 31.0. The highest BCUT2D eigenvalue weighted by atomic mass is 31.2. The van der Waals surface area contributed by atoms with Gasteiger partial charge in [0.05, 0.1) is 27.7 Å². The molecule has 0 fully saturated rings. The molecule has 1 N–H and O–H groups in total. The number of unbranched alkanes of at least 4 members (excludes halogenated alkanes) is 33. The molecular formula is C64H119NO8P+. The Bertz CT molecular complexity index is 1430. The Hall–Kier alpha value is -2.29. The molecule has 0 radical (unpaired) electrons. The van der Waals surface area contributed by atoms with Crippen molar-refractivity contribution in [1.82, 2.24) is 0 Å². The third-order valence-corrected chi connectivity index (χ3v) is 14.5. The molecule has 0 aliphatic heterocycles. The molecule has 0 aliphatic rings. The van der Waals surface area contributed by atoms with Crippen molar-refractivity contribution >= 4 is 19.8 Å². The van der Waals surface area contributed by atoms with Gasteiger partial charge in [0.2, 0.25) is 0 Å². The van der Waals surface area contributed by atoms with Crippen LogP contribution in [0.1, 0.15) is 284 Å². The second-order valence-electron chi connectivity index (χ2n) is 22.1. The third kappa shape index (κ3) is 59.0. The number of ether oxygens (including phenoxy) is 2. The molecule has 10 heteroatoms. The summed E-state index contributed by atoms with van der Waals surface area (Å²) in [5.41, 5.74) is 0. The standard InChI is InChI=1S/C64H118NO8P/c1-6-8-10-12-14-16-18-20-22-24-26-27-28-29-30-31-32-33-34-35-36-37-39-40-42-44-46-48-50-52-54-56-63(66)70-60-62(61-72-74(68,69)71-59-58-65(3,4)5)73-64(67)57-55-53-51-49-47-45-43-41-38-25-23-21-19-17-15-13-11-9-7-2/h9,11,15,17,21,23-24,26,38,41,62H,6-8,10,12-14,16,18-20,22,25,27-37,39-40,42-61H2,1-5H3/p+1/b11-9-,17-15-,23-21-,26-24-,41-38-. The van der Waals surface area contributed by atoms with Gasteiger partial charge in [-0.25, -0.2) is 4.57 Å². The Morgan fingerprint density at radius 2 is 0.770 bits per heavy atom. The van der Waals surface area contributed by atoms with Gasteiger partial charge in [0.25, 0.3) is 0 Å². The minimum Gasteiger partial charge on any atom is -0.462 e. The SMILES string of the molecule is CC/C=C\C/C=C\C/C=C\C/C=C\CCCCCCCCC(=O)OC(COC(=O)CCCCCCCCCCCCCCCCCCCCC/C=C\CCCCCCCCCC)COP(=O)(O)OCC[N+](C)(C)C. The lowest BCUT2D eigenvalue weighted by Gasteiger charge is -2.24. The summed E-state index contributed by atoms with van der Waals surface area (Å²) in [5, 5.41) is 0. The monoisotopic (exact) mass is 1060 g/mol. The number of likely N-dealkylation sites (N-methyl/N-ethyl adjacent to an activating group) is 1. The number of carbonyl (C=O) groups is 2. The molecule has 0 amide bonds. The molecule has 0 aliphatic carbocycles. The average molecular weight is 1060 g/mol. The highest BCUT2D eigenvalue weighted by Gasteiger charge is 2.27. The van der Waals surface area contributed by atoms with Crippen LogP contribution in [0, 0.1) is 0 Å². The Morgan fingerprint density at radius 1 is 0.432 bits per heavy atom. The zero-order chi connectivity index (χ0) is 54.2. The van der Waals surface area contributed by atoms with Crippen molar-refractivity contribution in [3.05, 3.63) is 60.8 Å². The van der Waals surface area contributed by atoms with E-state index in [0.717, 1.165) is 83.5 Å². The van der Waals surface area contributed by atoms with Crippen LogP contribution >= 0.6 is 7.82 Å². The van der Waals surface area contributed by atoms with Crippen molar-refractivity contribution in [2.45, 2.75) is 290 Å². The topological polar surface area (TPSA) is 108 Å². The van der Waals surface area contributed by atoms with E-state index in [1.807, 2.05) is 21.1 Å². The normalized spacial score (nSPS) is 13.6. The number of rotatable bonds is 57. The van der Waals surface area contributed by atoms with E-state index < -0.39 is 26.5 Å². The maximum Gasteiger partial charge on any atom is 0.472 e. The summed E-state index contributed by atoms with van der Waals surface area (Å²) in [6.45, 7) is 4.33. The first kappa shape index (κ1) is 71.7. The summed E-state index contributed by atoms with van der Waals surface area (Å²) in [6.07, 6.45) is 71.7. The molecule has 432 valence electrons. The van der Waals surface area contributed by atoms with Crippen molar-refractivity contribution < 1.29 is 42.1 Å². The molecule has 74 heavy (non-hydrogen) atoms. The number of phosphoric acid groups is 1. The van der Waals surface area contributed by atoms with E-state index in [9.17, 15) is 19.0 Å². The largest absolute Gasteiger partial charge is 0.472 e. The van der Waals surface area contributed by atoms with E-state index in [4.69, 9.17) is 18.5 Å². The van der Waals surface area contributed by atoms with Crippen LogP contribution in [-0.2, 0) is 32.7 Å². The van der Waals surface area contributed by atoms with Crippen molar-refractivity contribution in [3.8, 4) is 0 Å². The number of quaternary nitrogens is 1. The lowest BCUT2D eigenvalue weighted by atomic mass is 10.0. The van der Waals surface area contributed by atoms with Gasteiger partial charge in [-0.15, -0.1) is 0 Å². The highest BCUT2D eigenvalue weighted by molar-refractivity contribution is 7.47. The third-order valence-electron chi connectivity index (χ3n) is 13.5. The first-order valence-corrected chi connectivity index (χ1v) is 32.5. The summed E-state index contributed by atoms with van der Waals surface area (Å²) in [6, 6.07) is 0. The van der Waals surface area contributed by atoms with Crippen LogP contribution in [0.2, 0.25) is 0 Å². The number of allylic oxidation sites excluding steroid dienone is 10. The minimum atomic E-state index is -4.39. The molecule has 0 aromatic heterocycles. The quantitative estimate of drug-likeness (QED) is 0.0211. The van der Waals surface area contributed by atoms with Crippen LogP contribution in [0.3, 0.4) is 0 Å². The lowest BCUT2D eigenvalue weighted by molar-refractivity contribution is -0.870. The second-order valence-corrected chi connectivity index (χ2v) is 23.5. The van der Waals surface area contributed by atoms with E-state index in [2.05, 4.69) is 74.6 Å². The maximum atomic E-state index is 12.8. The van der Waals surface area contributed by atoms with Crippen LogP contribution in [-0.4, -0.2) is 74.9 Å². The Labute approximate surface area is 457 Å². The van der Waals surface area contributed by atoms with Gasteiger partial charge in [-0.3, -0.25) is 18.6 Å². The van der Waals surface area contributed by atoms with E-state index in [1.165, 1.54) is 167 Å². The molecule has 9 nitrogen and oxygen atoms in total. The van der Waals surface area contributed by atoms with Gasteiger partial charge in [-0.2, -0.15) is 0 Å². The molecule has 0 aromatic rings. The predicted molar refractivity (Wildman–Crippen MR) is 316 cm³/mol. The van der Waals surface area contributed by atoms with Gasteiger partial charge < -0.3 is 18.9 Å². The predicted octanol–water partition coefficient (Wildman–Crippen LogP) is 19.5. The van der Waals surface area contributed by atoms with Crippen molar-refractivity contribution in [2.75, 3.05) is 47.5 Å². The van der Waals surface area contributed by atoms with Crippen LogP contribution in [0.5, 0.6) is 0 Å². The van der Waals surface area contributed by atoms with Crippen molar-refractivity contribution in [3.63, 3.8) is 0 Å². The fourth-order valence-corrected chi connectivity index (χ4v) is 9.51. The summed E-state index contributed by atoms with van der Waals surface area (Å²) in [4.78, 5) is 35.7. The molecule has 0 spiro atoms. The van der Waals surface area contributed by atoms with E-state index in [1.54, 1.807) is 0 Å². The number of hydrogen-bond donors (Lipinski definition) is 1. The molecule has 0 heterocycles. The van der Waals surface area contributed by atoms with Gasteiger partial charge in [0, 0.05) is 12.8 Å². The van der Waals surface area contributed by atoms with Gasteiger partial charge in [0.1, 0.15) is 19.8 Å². The van der Waals surface area contributed by atoms with Gasteiger partial charge >= 0.3 is 19.8 Å². The smallest absolute Gasteiger partial charge is 0.462 e. The molecule has 0 saturated carbocycles. The number of esters is 2. The summed E-state index contributed by atoms with van der Waals surface area (Å²) < 4.78 is 34.6. The average Bonchev–Trinajstić information content (AvgIpc) is 3.36. The minimum absolute atomic E-state index is 0.0276. The van der Waals surface area contributed by atoms with Crippen molar-refractivity contribution in [2.24, 2.45) is 0 Å². The lowest BCUT2D eigenvalue weighted by Crippen LogP contribution is -2.37. The maximum absolute atomic E-state index is 12.8. The van der Waals surface area contributed by atoms with E-state index >= 15 is 0 Å². The van der Waals surface area contributed by atoms with Crippen LogP contribution < -0.4 is 0 Å². The summed E-state index contributed by atoms with van der Waals surface area (Å²) >= 11 is 0. The highest BCUT2D eigenvalue weighted by Crippen LogP contribution is 2.43. The Balaban J connectivity index is 4.05. The van der Waals surface area contributed by atoms with E-state index in [0.29, 0.717) is 17.4 Å². The number of hydrogen-bond acceptors (Lipinski definition) is 7. The zero-order valence-corrected chi connectivity index (χ0v) is 50.0. The van der Waals surface area contributed by atoms with E-state index in [-0.39, 0.29) is 32.0 Å². The van der Waals surface area contributed by atoms with Crippen LogP contribution in [0.25, 0.3) is 0 Å². The fourth-order valence-electron chi connectivity index (χ4n) is 8.77. The summed E-state index contributed by atoms with van der Waals surface area (Å²) in [7, 11) is 1.47. The van der Waals surface area contributed by atoms with Crippen molar-refractivity contribution in [1.29, 1.82) is 0 Å². The number of phosphoric ester groups is 1. The molecule has 0 bridgehead atoms. The summed E-state index contributed by atoms with van der Waals surface area (Å²) in [5.74, 6) is -0.805. The zero-order valence-electron chi connectivity index (χ0n) is 49.1. The van der Waals surface area contributed by atoms with Gasteiger partial charge in [-0.1, -0.05) is 254 Å².